The zero-order valence-electron chi connectivity index (χ0n) is 46.0. The number of fused-ring (bicyclic) bond motifs is 3. The standard InChI is InChI=1S/C58H71ClN10O10/c1-36-37(2)62-55-50(36)51(41-16-18-43(59)19-17-41)64-46(54-67-66-39(4)69(54)55)31-48(70)63-44-20-22-45(23-21-44)78-28-10-27-76-35-77-30-29-74-25-9-26-75-33-49(71)65-53(58(5,6)7)57(73)68-24-8-11-47(68)56(72)60-32-40-12-14-42(15-13-40)52-38(3)61-34-79-52/h12-23,34,46-47,53,62H,8-11,24-33,35H2,1-7H3,(H,60,72)(H,63,70)(H,65,71)/t46?,47-,53?/m0/s1. The third kappa shape index (κ3) is 15.1. The summed E-state index contributed by atoms with van der Waals surface area (Å²) in [5, 5.41) is 18.3. The van der Waals surface area contributed by atoms with Crippen LogP contribution in [0, 0.1) is 33.1 Å². The van der Waals surface area contributed by atoms with E-state index in [2.05, 4.69) is 43.0 Å². The summed E-state index contributed by atoms with van der Waals surface area (Å²) in [6.45, 7) is 16.4. The fraction of sp³-hybridized carbons (Fsp3) is 0.448. The molecule has 8 rings (SSSR count). The largest absolute Gasteiger partial charge is 0.494 e. The number of carbonyl (C=O) groups is 4. The predicted molar refractivity (Wildman–Crippen MR) is 297 cm³/mol. The molecule has 2 aliphatic heterocycles. The number of ether oxygens (including phenoxy) is 5. The Morgan fingerprint density at radius 3 is 2.25 bits per heavy atom. The molecule has 4 N–H and O–H groups in total. The maximum Gasteiger partial charge on any atom is 0.246 e. The van der Waals surface area contributed by atoms with Crippen molar-refractivity contribution in [2.45, 2.75) is 105 Å². The Morgan fingerprint density at radius 1 is 0.823 bits per heavy atom. The number of aryl methyl sites for hydroxylation is 3. The number of halogens is 1. The number of oxazole rings is 1. The molecule has 2 unspecified atom stereocenters. The van der Waals surface area contributed by atoms with Crippen molar-refractivity contribution in [1.29, 1.82) is 0 Å². The van der Waals surface area contributed by atoms with Gasteiger partial charge in [0.1, 0.15) is 48.9 Å². The number of hydrogen-bond acceptors (Lipinski definition) is 14. The zero-order valence-corrected chi connectivity index (χ0v) is 46.7. The number of H-pyrrole nitrogens is 1. The summed E-state index contributed by atoms with van der Waals surface area (Å²) in [5.74, 6) is 2.26. The lowest BCUT2D eigenvalue weighted by atomic mass is 9.85. The maximum absolute atomic E-state index is 13.9. The van der Waals surface area contributed by atoms with Gasteiger partial charge >= 0.3 is 0 Å². The van der Waals surface area contributed by atoms with Crippen LogP contribution in [-0.4, -0.2) is 131 Å². The first-order valence-electron chi connectivity index (χ1n) is 26.7. The second kappa shape index (κ2) is 27.1. The summed E-state index contributed by atoms with van der Waals surface area (Å²) in [5.41, 5.74) is 7.21. The van der Waals surface area contributed by atoms with E-state index in [1.807, 2.05) is 94.6 Å². The highest BCUT2D eigenvalue weighted by Crippen LogP contribution is 2.36. The van der Waals surface area contributed by atoms with Crippen molar-refractivity contribution in [2.24, 2.45) is 10.4 Å². The van der Waals surface area contributed by atoms with Crippen molar-refractivity contribution in [1.82, 2.24) is 40.3 Å². The molecule has 1 fully saturated rings. The lowest BCUT2D eigenvalue weighted by molar-refractivity contribution is -0.144. The van der Waals surface area contributed by atoms with Crippen molar-refractivity contribution in [2.75, 3.05) is 64.9 Å². The van der Waals surface area contributed by atoms with Gasteiger partial charge in [0.25, 0.3) is 0 Å². The quantitative estimate of drug-likeness (QED) is 0.0297. The van der Waals surface area contributed by atoms with Crippen LogP contribution >= 0.6 is 11.6 Å². The number of benzene rings is 3. The lowest BCUT2D eigenvalue weighted by Gasteiger charge is -2.35. The number of nitrogens with one attached hydrogen (secondary N) is 4. The van der Waals surface area contributed by atoms with Gasteiger partial charge in [-0.1, -0.05) is 68.8 Å². The van der Waals surface area contributed by atoms with Gasteiger partial charge in [0, 0.05) is 65.8 Å². The van der Waals surface area contributed by atoms with Crippen molar-refractivity contribution < 1.29 is 47.3 Å². The summed E-state index contributed by atoms with van der Waals surface area (Å²) in [4.78, 5) is 68.3. The average molecular weight is 1100 g/mol. The van der Waals surface area contributed by atoms with Crippen molar-refractivity contribution in [3.05, 3.63) is 130 Å². The van der Waals surface area contributed by atoms with E-state index >= 15 is 0 Å². The lowest BCUT2D eigenvalue weighted by Crippen LogP contribution is -2.58. The first kappa shape index (κ1) is 57.9. The topological polar surface area (TPSA) is 239 Å². The van der Waals surface area contributed by atoms with Gasteiger partial charge in [0.15, 0.2) is 18.0 Å². The van der Waals surface area contributed by atoms with E-state index in [1.54, 1.807) is 29.2 Å². The molecule has 3 aromatic carbocycles. The van der Waals surface area contributed by atoms with E-state index in [-0.39, 0.29) is 44.1 Å². The van der Waals surface area contributed by atoms with Gasteiger partial charge in [-0.05, 0) is 99.9 Å². The second-order valence-corrected chi connectivity index (χ2v) is 21.1. The summed E-state index contributed by atoms with van der Waals surface area (Å²) in [6, 6.07) is 20.3. The molecule has 20 nitrogen and oxygen atoms in total. The van der Waals surface area contributed by atoms with E-state index in [1.165, 1.54) is 6.39 Å². The fourth-order valence-corrected chi connectivity index (χ4v) is 9.57. The van der Waals surface area contributed by atoms with Crippen molar-refractivity contribution in [3.8, 4) is 22.9 Å². The average Bonchev–Trinajstić information content (AvgIpc) is 4.44. The highest BCUT2D eigenvalue weighted by Gasteiger charge is 2.42. The van der Waals surface area contributed by atoms with E-state index in [4.69, 9.17) is 44.7 Å². The molecule has 6 aromatic rings. The van der Waals surface area contributed by atoms with Crippen LogP contribution < -0.4 is 20.7 Å². The number of aromatic nitrogens is 5. The number of anilines is 1. The van der Waals surface area contributed by atoms with Gasteiger partial charge in [0.05, 0.1) is 44.3 Å². The number of aromatic amines is 1. The fourth-order valence-electron chi connectivity index (χ4n) is 9.45. The molecule has 0 aliphatic carbocycles. The van der Waals surface area contributed by atoms with Gasteiger partial charge < -0.3 is 53.9 Å². The molecule has 0 radical (unpaired) electrons. The van der Waals surface area contributed by atoms with Crippen LogP contribution in [0.3, 0.4) is 0 Å². The van der Waals surface area contributed by atoms with Crippen LogP contribution in [0.2, 0.25) is 5.02 Å². The number of hydrogen-bond donors (Lipinski definition) is 4. The molecule has 420 valence electrons. The van der Waals surface area contributed by atoms with E-state index < -0.39 is 29.4 Å². The Labute approximate surface area is 465 Å². The molecule has 3 aromatic heterocycles. The summed E-state index contributed by atoms with van der Waals surface area (Å²) in [7, 11) is 0. The monoisotopic (exact) mass is 1100 g/mol. The number of nitrogens with zero attached hydrogens (tertiary/aromatic N) is 6. The number of rotatable bonds is 26. The number of likely N-dealkylation sites (tertiary alicyclic amines) is 1. The minimum absolute atomic E-state index is 0.0371. The van der Waals surface area contributed by atoms with Crippen molar-refractivity contribution >= 4 is 46.6 Å². The van der Waals surface area contributed by atoms with Gasteiger partial charge in [-0.3, -0.25) is 28.7 Å². The van der Waals surface area contributed by atoms with Gasteiger partial charge in [-0.2, -0.15) is 0 Å². The number of amides is 4. The summed E-state index contributed by atoms with van der Waals surface area (Å²) < 4.78 is 35.7. The minimum Gasteiger partial charge on any atom is -0.494 e. The predicted octanol–water partition coefficient (Wildman–Crippen LogP) is 8.08. The smallest absolute Gasteiger partial charge is 0.246 e. The first-order valence-corrected chi connectivity index (χ1v) is 27.1. The Bertz CT molecular complexity index is 3050. The molecule has 3 atom stereocenters. The van der Waals surface area contributed by atoms with Crippen LogP contribution in [0.1, 0.15) is 104 Å². The minimum atomic E-state index is -0.851. The van der Waals surface area contributed by atoms with Crippen molar-refractivity contribution in [3.63, 3.8) is 0 Å². The Balaban J connectivity index is 0.657. The molecule has 79 heavy (non-hydrogen) atoms. The molecule has 0 spiro atoms. The van der Waals surface area contributed by atoms with Crippen LogP contribution in [0.15, 0.2) is 88.6 Å². The van der Waals surface area contributed by atoms with E-state index in [0.29, 0.717) is 106 Å². The highest BCUT2D eigenvalue weighted by atomic mass is 35.5. The van der Waals surface area contributed by atoms with Crippen LogP contribution in [0.5, 0.6) is 5.75 Å². The molecule has 2 aliphatic rings. The van der Waals surface area contributed by atoms with Crippen LogP contribution in [0.25, 0.3) is 17.1 Å². The van der Waals surface area contributed by atoms with Gasteiger partial charge in [-0.15, -0.1) is 10.2 Å². The van der Waals surface area contributed by atoms with Gasteiger partial charge in [0.2, 0.25) is 23.6 Å². The summed E-state index contributed by atoms with van der Waals surface area (Å²) in [6.07, 6.45) is 3.87. The third-order valence-electron chi connectivity index (χ3n) is 13.7. The normalized spacial score (nSPS) is 15.4. The second-order valence-electron chi connectivity index (χ2n) is 20.7. The van der Waals surface area contributed by atoms with Crippen LogP contribution in [-0.2, 0) is 44.7 Å². The van der Waals surface area contributed by atoms with E-state index in [9.17, 15) is 19.2 Å². The van der Waals surface area contributed by atoms with E-state index in [0.717, 1.165) is 50.7 Å². The SMILES string of the molecule is Cc1ncoc1-c1ccc(CNC(=O)[C@@H]2CCCN2C(=O)C(NC(=O)COCCCOCCOCOCCCOc2ccc(NC(=O)CC3N=C(c4ccc(Cl)cc4)c4c([nH]c(C)c4C)-n4c(C)nnc43)cc2)C(C)(C)C)cc1. The third-order valence-corrected chi connectivity index (χ3v) is 14.0. The van der Waals surface area contributed by atoms with Crippen LogP contribution in [0.4, 0.5) is 5.69 Å². The molecule has 1 saturated heterocycles. The molecule has 5 heterocycles. The maximum atomic E-state index is 13.9. The molecule has 4 amide bonds. The Kier molecular flexibility index (Phi) is 19.9. The van der Waals surface area contributed by atoms with Gasteiger partial charge in [-0.25, -0.2) is 4.98 Å². The zero-order chi connectivity index (χ0) is 56.1. The molecule has 21 heteroatoms. The number of carbonyl (C=O) groups excluding carboxylic acids is 4. The molecule has 0 saturated carbocycles. The summed E-state index contributed by atoms with van der Waals surface area (Å²) >= 11 is 6.25. The number of aliphatic imine (C=N–C) groups is 1. The molecular weight excluding hydrogens is 1030 g/mol. The Hall–Kier alpha value is -7.23. The first-order chi connectivity index (χ1) is 38.0. The highest BCUT2D eigenvalue weighted by molar-refractivity contribution is 6.30. The molecule has 0 bridgehead atoms. The Morgan fingerprint density at radius 2 is 1.52 bits per heavy atom. The molecular formula is C58H71ClN10O10.